The van der Waals surface area contributed by atoms with Crippen LogP contribution in [0.3, 0.4) is 0 Å². The number of rotatable bonds is 5. The summed E-state index contributed by atoms with van der Waals surface area (Å²) in [6.07, 6.45) is 5.88. The molecule has 1 unspecified atom stereocenters. The fraction of sp³-hybridized carbons (Fsp3) is 0.643. The van der Waals surface area contributed by atoms with Gasteiger partial charge in [-0.15, -0.1) is 0 Å². The van der Waals surface area contributed by atoms with Gasteiger partial charge in [0.2, 0.25) is 0 Å². The number of nitrogens with zero attached hydrogens (tertiary/aromatic N) is 3. The standard InChI is InChI=1S/C14H21N3O2/c1-3-18-13-10-12(17-7-5-6-8-17)14(19-4-2)9-11(13)16-15/h9-10,13H,3-8H2,1-2H3. The summed E-state index contributed by atoms with van der Waals surface area (Å²) < 4.78 is 11.3. The fourth-order valence-corrected chi connectivity index (χ4v) is 2.49. The van der Waals surface area contributed by atoms with Crippen LogP contribution >= 0.6 is 0 Å². The molecule has 0 spiro atoms. The highest BCUT2D eigenvalue weighted by molar-refractivity contribution is 5.97. The first-order valence-corrected chi connectivity index (χ1v) is 6.95. The molecule has 19 heavy (non-hydrogen) atoms. The summed E-state index contributed by atoms with van der Waals surface area (Å²) in [5, 5.41) is 0. The predicted octanol–water partition coefficient (Wildman–Crippen LogP) is 1.98. The molecule has 5 heteroatoms. The van der Waals surface area contributed by atoms with Crippen LogP contribution in [0.1, 0.15) is 26.7 Å². The van der Waals surface area contributed by atoms with Crippen LogP contribution in [0.5, 0.6) is 0 Å². The van der Waals surface area contributed by atoms with Crippen LogP contribution in [0.4, 0.5) is 0 Å². The Morgan fingerprint density at radius 1 is 1.32 bits per heavy atom. The highest BCUT2D eigenvalue weighted by Gasteiger charge is 2.31. The van der Waals surface area contributed by atoms with E-state index in [9.17, 15) is 0 Å². The second-order valence-corrected chi connectivity index (χ2v) is 4.59. The SMILES string of the molecule is CCOC1=CC(=[N+]=[N-])C(OCC)C=C1N1CCCC1. The summed E-state index contributed by atoms with van der Waals surface area (Å²) in [4.78, 5) is 5.62. The first-order valence-electron chi connectivity index (χ1n) is 6.95. The van der Waals surface area contributed by atoms with Crippen molar-refractivity contribution in [3.63, 3.8) is 0 Å². The molecule has 5 nitrogen and oxygen atoms in total. The molecule has 1 aliphatic carbocycles. The summed E-state index contributed by atoms with van der Waals surface area (Å²) in [7, 11) is 0. The van der Waals surface area contributed by atoms with Gasteiger partial charge < -0.3 is 19.9 Å². The van der Waals surface area contributed by atoms with Crippen LogP contribution in [-0.2, 0) is 9.47 Å². The molecule has 0 N–H and O–H groups in total. The molecular weight excluding hydrogens is 242 g/mol. The minimum absolute atomic E-state index is 0.296. The molecule has 0 aromatic heterocycles. The van der Waals surface area contributed by atoms with Crippen LogP contribution in [0.15, 0.2) is 23.6 Å². The highest BCUT2D eigenvalue weighted by Crippen LogP contribution is 2.26. The second kappa shape index (κ2) is 6.55. The molecule has 1 heterocycles. The Balaban J connectivity index is 2.29. The molecule has 0 saturated carbocycles. The second-order valence-electron chi connectivity index (χ2n) is 4.59. The summed E-state index contributed by atoms with van der Waals surface area (Å²) in [5.74, 6) is 0.771. The molecule has 1 saturated heterocycles. The van der Waals surface area contributed by atoms with E-state index in [2.05, 4.69) is 9.69 Å². The first kappa shape index (κ1) is 13.8. The van der Waals surface area contributed by atoms with Gasteiger partial charge in [0.25, 0.3) is 0 Å². The maximum absolute atomic E-state index is 9.09. The molecule has 104 valence electrons. The molecule has 1 aliphatic heterocycles. The Bertz CT molecular complexity index is 430. The van der Waals surface area contributed by atoms with Crippen molar-refractivity contribution in [3.8, 4) is 0 Å². The minimum Gasteiger partial charge on any atom is -0.491 e. The van der Waals surface area contributed by atoms with Crippen LogP contribution in [0.25, 0.3) is 5.53 Å². The van der Waals surface area contributed by atoms with E-state index >= 15 is 0 Å². The van der Waals surface area contributed by atoms with E-state index in [1.165, 1.54) is 12.8 Å². The zero-order valence-electron chi connectivity index (χ0n) is 11.6. The van der Waals surface area contributed by atoms with Gasteiger partial charge in [-0.1, -0.05) is 0 Å². The number of likely N-dealkylation sites (tertiary alicyclic amines) is 1. The van der Waals surface area contributed by atoms with Gasteiger partial charge in [0.15, 0.2) is 6.10 Å². The molecule has 0 amide bonds. The Hall–Kier alpha value is -1.58. The quantitative estimate of drug-likeness (QED) is 0.563. The summed E-state index contributed by atoms with van der Waals surface area (Å²) in [5.41, 5.74) is 10.6. The van der Waals surface area contributed by atoms with Gasteiger partial charge in [-0.3, -0.25) is 0 Å². The minimum atomic E-state index is -0.296. The van der Waals surface area contributed by atoms with Crippen molar-refractivity contribution in [1.82, 2.24) is 4.90 Å². The lowest BCUT2D eigenvalue weighted by atomic mass is 10.0. The number of hydrogen-bond donors (Lipinski definition) is 0. The van der Waals surface area contributed by atoms with Crippen molar-refractivity contribution in [2.24, 2.45) is 0 Å². The van der Waals surface area contributed by atoms with E-state index in [0.717, 1.165) is 24.5 Å². The van der Waals surface area contributed by atoms with E-state index in [0.29, 0.717) is 18.9 Å². The van der Waals surface area contributed by atoms with E-state index in [1.807, 2.05) is 19.9 Å². The van der Waals surface area contributed by atoms with Crippen molar-refractivity contribution in [2.45, 2.75) is 32.8 Å². The fourth-order valence-electron chi connectivity index (χ4n) is 2.49. The Morgan fingerprint density at radius 2 is 2.05 bits per heavy atom. The topological polar surface area (TPSA) is 58.1 Å². The Kier molecular flexibility index (Phi) is 4.77. The average Bonchev–Trinajstić information content (AvgIpc) is 2.94. The van der Waals surface area contributed by atoms with Gasteiger partial charge in [0.05, 0.1) is 18.4 Å². The van der Waals surface area contributed by atoms with Gasteiger partial charge in [-0.25, -0.2) is 0 Å². The Labute approximate surface area is 114 Å². The highest BCUT2D eigenvalue weighted by atomic mass is 16.5. The average molecular weight is 263 g/mol. The lowest BCUT2D eigenvalue weighted by Gasteiger charge is -2.27. The largest absolute Gasteiger partial charge is 0.491 e. The van der Waals surface area contributed by atoms with Crippen LogP contribution < -0.4 is 0 Å². The molecule has 0 bridgehead atoms. The van der Waals surface area contributed by atoms with E-state index in [4.69, 9.17) is 15.0 Å². The van der Waals surface area contributed by atoms with Crippen molar-refractivity contribution >= 4 is 5.71 Å². The summed E-state index contributed by atoms with van der Waals surface area (Å²) >= 11 is 0. The molecule has 0 aromatic rings. The normalized spacial score (nSPS) is 22.9. The maximum Gasteiger partial charge on any atom is 0.328 e. The number of ether oxygens (including phenoxy) is 2. The molecular formula is C14H21N3O2. The monoisotopic (exact) mass is 263 g/mol. The Morgan fingerprint density at radius 3 is 2.63 bits per heavy atom. The maximum atomic E-state index is 9.09. The molecule has 1 fully saturated rings. The van der Waals surface area contributed by atoms with Gasteiger partial charge in [0.1, 0.15) is 5.76 Å². The van der Waals surface area contributed by atoms with E-state index < -0.39 is 0 Å². The van der Waals surface area contributed by atoms with Gasteiger partial charge in [0, 0.05) is 19.7 Å². The van der Waals surface area contributed by atoms with Crippen LogP contribution in [-0.4, -0.2) is 47.8 Å². The molecule has 2 rings (SSSR count). The zero-order chi connectivity index (χ0) is 13.7. The zero-order valence-corrected chi connectivity index (χ0v) is 11.6. The smallest absolute Gasteiger partial charge is 0.328 e. The first-order chi connectivity index (χ1) is 9.30. The molecule has 1 atom stereocenters. The van der Waals surface area contributed by atoms with Crippen molar-refractivity contribution in [2.75, 3.05) is 26.3 Å². The van der Waals surface area contributed by atoms with Crippen molar-refractivity contribution < 1.29 is 14.3 Å². The van der Waals surface area contributed by atoms with Crippen molar-refractivity contribution in [1.29, 1.82) is 0 Å². The third kappa shape index (κ3) is 3.06. The van der Waals surface area contributed by atoms with Crippen LogP contribution in [0, 0.1) is 0 Å². The third-order valence-corrected chi connectivity index (χ3v) is 3.34. The summed E-state index contributed by atoms with van der Waals surface area (Å²) in [6.45, 7) is 7.13. The van der Waals surface area contributed by atoms with Gasteiger partial charge in [-0.2, -0.15) is 4.79 Å². The number of hydrogen-bond acceptors (Lipinski definition) is 3. The third-order valence-electron chi connectivity index (χ3n) is 3.34. The van der Waals surface area contributed by atoms with Crippen molar-refractivity contribution in [3.05, 3.63) is 29.1 Å². The van der Waals surface area contributed by atoms with Crippen LogP contribution in [0.2, 0.25) is 0 Å². The van der Waals surface area contributed by atoms with Gasteiger partial charge >= 0.3 is 5.71 Å². The predicted molar refractivity (Wildman–Crippen MR) is 72.6 cm³/mol. The van der Waals surface area contributed by atoms with E-state index in [1.54, 1.807) is 6.08 Å². The van der Waals surface area contributed by atoms with Gasteiger partial charge in [-0.05, 0) is 32.8 Å². The lowest BCUT2D eigenvalue weighted by Crippen LogP contribution is -2.31. The molecule has 0 aromatic carbocycles. The molecule has 0 radical (unpaired) electrons. The molecule has 2 aliphatic rings. The summed E-state index contributed by atoms with van der Waals surface area (Å²) in [6, 6.07) is 0. The van der Waals surface area contributed by atoms with E-state index in [-0.39, 0.29) is 6.10 Å². The lowest BCUT2D eigenvalue weighted by molar-refractivity contribution is -0.0225.